The van der Waals surface area contributed by atoms with E-state index in [9.17, 15) is 0 Å². The van der Waals surface area contributed by atoms with Gasteiger partial charge in [0.1, 0.15) is 0 Å². The van der Waals surface area contributed by atoms with E-state index in [0.29, 0.717) is 11.2 Å². The summed E-state index contributed by atoms with van der Waals surface area (Å²) in [6, 6.07) is 0. The van der Waals surface area contributed by atoms with E-state index < -0.39 is 0 Å². The zero-order valence-electron chi connectivity index (χ0n) is 12.0. The number of thioether (sulfide) groups is 1. The minimum atomic E-state index is 0.710. The van der Waals surface area contributed by atoms with Crippen LogP contribution in [-0.2, 0) is 0 Å². The van der Waals surface area contributed by atoms with Gasteiger partial charge in [-0.1, -0.05) is 59.2 Å². The van der Waals surface area contributed by atoms with Gasteiger partial charge in [-0.3, -0.25) is 4.99 Å². The molecule has 0 saturated heterocycles. The summed E-state index contributed by atoms with van der Waals surface area (Å²) in [5.41, 5.74) is 0. The van der Waals surface area contributed by atoms with Gasteiger partial charge in [0.2, 0.25) is 0 Å². The molecule has 0 aromatic carbocycles. The number of rotatable bonds is 6. The van der Waals surface area contributed by atoms with Crippen LogP contribution in [0.5, 0.6) is 0 Å². The molecule has 0 radical (unpaired) electrons. The molecule has 0 spiro atoms. The highest BCUT2D eigenvalue weighted by Gasteiger charge is 2.25. The number of nitrogens with zero attached hydrogens (tertiary/aromatic N) is 1. The highest BCUT2D eigenvalue weighted by atomic mass is 32.2. The average Bonchev–Trinajstić information content (AvgIpc) is 2.76. The maximum atomic E-state index is 4.63. The summed E-state index contributed by atoms with van der Waals surface area (Å²) < 4.78 is 0. The van der Waals surface area contributed by atoms with Gasteiger partial charge in [0.25, 0.3) is 0 Å². The molecule has 0 saturated carbocycles. The molecule has 2 unspecified atom stereocenters. The van der Waals surface area contributed by atoms with Crippen LogP contribution in [0.2, 0.25) is 0 Å². The second-order valence-corrected chi connectivity index (χ2v) is 6.71. The zero-order chi connectivity index (χ0) is 12.8. The van der Waals surface area contributed by atoms with Crippen LogP contribution < -0.4 is 5.32 Å². The lowest BCUT2D eigenvalue weighted by atomic mass is 9.98. The molecule has 0 aliphatic carbocycles. The monoisotopic (exact) mass is 256 g/mol. The minimum absolute atomic E-state index is 0.710. The number of amidine groups is 1. The van der Waals surface area contributed by atoms with Crippen LogP contribution in [0.3, 0.4) is 0 Å². The van der Waals surface area contributed by atoms with Crippen molar-refractivity contribution in [2.75, 3.05) is 13.1 Å². The standard InChI is InChI=1S/C14H28N2S/c1-6-12(7-2)13-9-16-14(17-13)15-8-11(5)10(3)4/h10-13H,6-9H2,1-5H3,(H,15,16). The van der Waals surface area contributed by atoms with E-state index in [2.05, 4.69) is 44.9 Å². The Bertz CT molecular complexity index is 247. The van der Waals surface area contributed by atoms with Crippen molar-refractivity contribution < 1.29 is 0 Å². The number of hydrogen-bond donors (Lipinski definition) is 1. The molecular formula is C14H28N2S. The van der Waals surface area contributed by atoms with Crippen molar-refractivity contribution in [1.82, 2.24) is 5.32 Å². The average molecular weight is 256 g/mol. The Morgan fingerprint density at radius 1 is 1.29 bits per heavy atom. The second-order valence-electron chi connectivity index (χ2n) is 5.48. The summed E-state index contributed by atoms with van der Waals surface area (Å²) in [6.07, 6.45) is 2.55. The molecule has 1 aliphatic heterocycles. The molecule has 100 valence electrons. The van der Waals surface area contributed by atoms with Crippen LogP contribution in [-0.4, -0.2) is 23.5 Å². The van der Waals surface area contributed by atoms with E-state index >= 15 is 0 Å². The van der Waals surface area contributed by atoms with Crippen molar-refractivity contribution in [3.05, 3.63) is 0 Å². The summed E-state index contributed by atoms with van der Waals surface area (Å²) >= 11 is 1.96. The van der Waals surface area contributed by atoms with Crippen molar-refractivity contribution in [1.29, 1.82) is 0 Å². The molecule has 1 heterocycles. The van der Waals surface area contributed by atoms with Gasteiger partial charge in [-0.25, -0.2) is 0 Å². The van der Waals surface area contributed by atoms with Crippen molar-refractivity contribution >= 4 is 16.9 Å². The summed E-state index contributed by atoms with van der Waals surface area (Å²) in [5, 5.41) is 5.39. The first kappa shape index (κ1) is 14.9. The first-order chi connectivity index (χ1) is 8.08. The largest absolute Gasteiger partial charge is 0.365 e. The molecule has 0 amide bonds. The third kappa shape index (κ3) is 4.53. The molecular weight excluding hydrogens is 228 g/mol. The lowest BCUT2D eigenvalue weighted by molar-refractivity contribution is 0.416. The highest BCUT2D eigenvalue weighted by molar-refractivity contribution is 8.14. The van der Waals surface area contributed by atoms with E-state index in [-0.39, 0.29) is 0 Å². The highest BCUT2D eigenvalue weighted by Crippen LogP contribution is 2.30. The van der Waals surface area contributed by atoms with Crippen LogP contribution in [0.1, 0.15) is 47.5 Å². The first-order valence-electron chi connectivity index (χ1n) is 7.03. The summed E-state index contributed by atoms with van der Waals surface area (Å²) in [5.74, 6) is 2.28. The third-order valence-corrected chi connectivity index (χ3v) is 5.30. The molecule has 0 bridgehead atoms. The van der Waals surface area contributed by atoms with E-state index in [4.69, 9.17) is 0 Å². The zero-order valence-corrected chi connectivity index (χ0v) is 12.8. The minimum Gasteiger partial charge on any atom is -0.365 e. The lowest BCUT2D eigenvalue weighted by Gasteiger charge is -2.20. The first-order valence-corrected chi connectivity index (χ1v) is 7.91. The third-order valence-electron chi connectivity index (χ3n) is 3.97. The lowest BCUT2D eigenvalue weighted by Crippen LogP contribution is -2.28. The van der Waals surface area contributed by atoms with Crippen molar-refractivity contribution in [3.63, 3.8) is 0 Å². The van der Waals surface area contributed by atoms with Gasteiger partial charge in [-0.2, -0.15) is 0 Å². The molecule has 0 aromatic rings. The van der Waals surface area contributed by atoms with Crippen LogP contribution >= 0.6 is 11.8 Å². The molecule has 0 aromatic heterocycles. The quantitative estimate of drug-likeness (QED) is 0.782. The SMILES string of the molecule is CCC(CC)C1CN=C(NCC(C)C(C)C)S1. The van der Waals surface area contributed by atoms with Gasteiger partial charge in [0.05, 0.1) is 6.54 Å². The van der Waals surface area contributed by atoms with Gasteiger partial charge in [-0.05, 0) is 17.8 Å². The van der Waals surface area contributed by atoms with Gasteiger partial charge in [0, 0.05) is 11.8 Å². The summed E-state index contributed by atoms with van der Waals surface area (Å²) in [7, 11) is 0. The molecule has 3 heteroatoms. The fourth-order valence-electron chi connectivity index (χ4n) is 2.03. The maximum Gasteiger partial charge on any atom is 0.156 e. The Balaban J connectivity index is 2.30. The molecule has 17 heavy (non-hydrogen) atoms. The van der Waals surface area contributed by atoms with Crippen molar-refractivity contribution in [2.45, 2.75) is 52.7 Å². The van der Waals surface area contributed by atoms with Crippen LogP contribution in [0.25, 0.3) is 0 Å². The van der Waals surface area contributed by atoms with Gasteiger partial charge < -0.3 is 5.32 Å². The number of nitrogens with one attached hydrogen (secondary N) is 1. The smallest absolute Gasteiger partial charge is 0.156 e. The second kappa shape index (κ2) is 7.30. The van der Waals surface area contributed by atoms with Gasteiger partial charge in [-0.15, -0.1) is 0 Å². The molecule has 1 N–H and O–H groups in total. The Hall–Kier alpha value is -0.180. The molecule has 1 rings (SSSR count). The Kier molecular flexibility index (Phi) is 6.39. The topological polar surface area (TPSA) is 24.4 Å². The summed E-state index contributed by atoms with van der Waals surface area (Å²) in [4.78, 5) is 4.63. The van der Waals surface area contributed by atoms with Crippen molar-refractivity contribution in [3.8, 4) is 0 Å². The fraction of sp³-hybridized carbons (Fsp3) is 0.929. The molecule has 2 atom stereocenters. The Morgan fingerprint density at radius 3 is 2.47 bits per heavy atom. The van der Waals surface area contributed by atoms with E-state index in [1.807, 2.05) is 11.8 Å². The molecule has 0 fully saturated rings. The molecule has 2 nitrogen and oxygen atoms in total. The van der Waals surface area contributed by atoms with Gasteiger partial charge in [0.15, 0.2) is 5.17 Å². The number of hydrogen-bond acceptors (Lipinski definition) is 3. The number of aliphatic imine (C=N–C) groups is 1. The van der Waals surface area contributed by atoms with Crippen LogP contribution in [0.15, 0.2) is 4.99 Å². The van der Waals surface area contributed by atoms with E-state index in [1.165, 1.54) is 18.0 Å². The summed E-state index contributed by atoms with van der Waals surface area (Å²) in [6.45, 7) is 13.5. The van der Waals surface area contributed by atoms with Crippen LogP contribution in [0, 0.1) is 17.8 Å². The Labute approximate surface area is 111 Å². The maximum absolute atomic E-state index is 4.63. The van der Waals surface area contributed by atoms with Crippen LogP contribution in [0.4, 0.5) is 0 Å². The fourth-order valence-corrected chi connectivity index (χ4v) is 3.36. The van der Waals surface area contributed by atoms with E-state index in [0.717, 1.165) is 24.9 Å². The van der Waals surface area contributed by atoms with Crippen molar-refractivity contribution in [2.24, 2.45) is 22.7 Å². The predicted molar refractivity (Wildman–Crippen MR) is 79.8 cm³/mol. The normalized spacial score (nSPS) is 22.1. The van der Waals surface area contributed by atoms with E-state index in [1.54, 1.807) is 0 Å². The Morgan fingerprint density at radius 2 is 1.94 bits per heavy atom. The molecule has 1 aliphatic rings. The predicted octanol–water partition coefficient (Wildman–Crippen LogP) is 3.78. The van der Waals surface area contributed by atoms with Gasteiger partial charge >= 0.3 is 0 Å².